The zero-order valence-electron chi connectivity index (χ0n) is 19.4. The lowest BCUT2D eigenvalue weighted by atomic mass is 9.99. The molecule has 1 aromatic heterocycles. The zero-order valence-corrected chi connectivity index (χ0v) is 21.8. The van der Waals surface area contributed by atoms with Gasteiger partial charge in [-0.1, -0.05) is 35.9 Å². The van der Waals surface area contributed by atoms with Crippen molar-refractivity contribution in [1.82, 2.24) is 8.87 Å². The van der Waals surface area contributed by atoms with Crippen LogP contribution in [-0.2, 0) is 37.3 Å². The molecule has 2 heterocycles. The molecule has 1 amide bonds. The van der Waals surface area contributed by atoms with Crippen LogP contribution in [0.4, 0.5) is 0 Å². The number of rotatable bonds is 6. The summed E-state index contributed by atoms with van der Waals surface area (Å²) >= 11 is 7.22. The molecule has 3 aromatic rings. The monoisotopic (exact) mass is 535 g/mol. The Kier molecular flexibility index (Phi) is 7.75. The molecule has 186 valence electrons. The number of piperidine rings is 1. The highest BCUT2D eigenvalue weighted by Gasteiger charge is 2.33. The molecule has 0 saturated carbocycles. The lowest BCUT2D eigenvalue weighted by Gasteiger charge is -2.30. The van der Waals surface area contributed by atoms with Gasteiger partial charge in [-0.05, 0) is 61.2 Å². The SMILES string of the molecule is CCc1ccc2c(c1)sc(=NC(=O)C1CCCN(S(=O)(=O)c3ccc(Cl)cc3)C1)n2CC(=O)OC. The third-order valence-electron chi connectivity index (χ3n) is 6.06. The molecule has 11 heteroatoms. The van der Waals surface area contributed by atoms with Crippen molar-refractivity contribution in [2.75, 3.05) is 20.2 Å². The van der Waals surface area contributed by atoms with Crippen molar-refractivity contribution in [3.63, 3.8) is 0 Å². The quantitative estimate of drug-likeness (QED) is 0.449. The largest absolute Gasteiger partial charge is 0.468 e. The summed E-state index contributed by atoms with van der Waals surface area (Å²) in [6.45, 7) is 2.36. The number of aromatic nitrogens is 1. The van der Waals surface area contributed by atoms with Crippen LogP contribution >= 0.6 is 22.9 Å². The van der Waals surface area contributed by atoms with E-state index in [0.29, 0.717) is 29.2 Å². The normalized spacial score (nSPS) is 17.6. The molecule has 1 unspecified atom stereocenters. The molecule has 0 N–H and O–H groups in total. The highest BCUT2D eigenvalue weighted by Crippen LogP contribution is 2.26. The second kappa shape index (κ2) is 10.6. The first-order valence-electron chi connectivity index (χ1n) is 11.3. The molecule has 1 fully saturated rings. The van der Waals surface area contributed by atoms with E-state index in [-0.39, 0.29) is 18.0 Å². The second-order valence-electron chi connectivity index (χ2n) is 8.31. The standard InChI is InChI=1S/C24H26ClN3O5S2/c1-3-16-6-11-20-21(13-16)34-24(28(20)15-22(29)33-2)26-23(30)17-5-4-12-27(14-17)35(31,32)19-9-7-18(25)8-10-19/h6-11,13,17H,3-5,12,14-15H2,1-2H3. The molecular weight excluding hydrogens is 510 g/mol. The Morgan fingerprint density at radius 1 is 1.20 bits per heavy atom. The number of benzene rings is 2. The molecule has 0 bridgehead atoms. The molecule has 1 atom stereocenters. The minimum Gasteiger partial charge on any atom is -0.468 e. The van der Waals surface area contributed by atoms with E-state index < -0.39 is 27.8 Å². The number of hydrogen-bond acceptors (Lipinski definition) is 6. The molecule has 2 aromatic carbocycles. The lowest BCUT2D eigenvalue weighted by molar-refractivity contribution is -0.141. The summed E-state index contributed by atoms with van der Waals surface area (Å²) in [6.07, 6.45) is 1.94. The number of aryl methyl sites for hydroxylation is 1. The summed E-state index contributed by atoms with van der Waals surface area (Å²) < 4.78 is 34.9. The van der Waals surface area contributed by atoms with E-state index in [0.717, 1.165) is 22.2 Å². The van der Waals surface area contributed by atoms with E-state index in [1.54, 1.807) is 4.57 Å². The van der Waals surface area contributed by atoms with Crippen LogP contribution in [0.15, 0.2) is 52.4 Å². The van der Waals surface area contributed by atoms with Crippen LogP contribution in [0.1, 0.15) is 25.3 Å². The number of methoxy groups -OCH3 is 1. The van der Waals surface area contributed by atoms with Crippen molar-refractivity contribution in [2.24, 2.45) is 10.9 Å². The van der Waals surface area contributed by atoms with Gasteiger partial charge in [-0.2, -0.15) is 9.30 Å². The van der Waals surface area contributed by atoms with Crippen molar-refractivity contribution >= 4 is 55.1 Å². The van der Waals surface area contributed by atoms with Gasteiger partial charge in [0.1, 0.15) is 6.54 Å². The summed E-state index contributed by atoms with van der Waals surface area (Å²) in [5, 5.41) is 0.448. The average Bonchev–Trinajstić information content (AvgIpc) is 3.19. The smallest absolute Gasteiger partial charge is 0.325 e. The number of thiazole rings is 1. The van der Waals surface area contributed by atoms with Crippen molar-refractivity contribution in [3.8, 4) is 0 Å². The highest BCUT2D eigenvalue weighted by atomic mass is 35.5. The van der Waals surface area contributed by atoms with E-state index in [1.165, 1.54) is 47.0 Å². The van der Waals surface area contributed by atoms with Gasteiger partial charge in [0, 0.05) is 18.1 Å². The Balaban J connectivity index is 1.65. The minimum absolute atomic E-state index is 0.0508. The number of esters is 1. The third kappa shape index (κ3) is 5.50. The number of ether oxygens (including phenoxy) is 1. The number of hydrogen-bond donors (Lipinski definition) is 0. The predicted octanol–water partition coefficient (Wildman–Crippen LogP) is 3.62. The van der Waals surface area contributed by atoms with Crippen molar-refractivity contribution in [3.05, 3.63) is 57.9 Å². The van der Waals surface area contributed by atoms with Gasteiger partial charge in [0.05, 0.1) is 28.1 Å². The van der Waals surface area contributed by atoms with Gasteiger partial charge < -0.3 is 9.30 Å². The highest BCUT2D eigenvalue weighted by molar-refractivity contribution is 7.89. The molecule has 1 saturated heterocycles. The molecule has 1 aliphatic heterocycles. The van der Waals surface area contributed by atoms with Gasteiger partial charge in [-0.25, -0.2) is 8.42 Å². The number of fused-ring (bicyclic) bond motifs is 1. The Bertz CT molecular complexity index is 1430. The summed E-state index contributed by atoms with van der Waals surface area (Å²) in [4.78, 5) is 30.1. The van der Waals surface area contributed by atoms with E-state index in [9.17, 15) is 18.0 Å². The molecule has 35 heavy (non-hydrogen) atoms. The molecule has 8 nitrogen and oxygen atoms in total. The first-order valence-corrected chi connectivity index (χ1v) is 13.9. The number of nitrogens with zero attached hydrogens (tertiary/aromatic N) is 3. The maximum absolute atomic E-state index is 13.2. The van der Waals surface area contributed by atoms with Gasteiger partial charge in [0.15, 0.2) is 4.80 Å². The van der Waals surface area contributed by atoms with E-state index >= 15 is 0 Å². The fraction of sp³-hybridized carbons (Fsp3) is 0.375. The molecule has 1 aliphatic rings. The molecule has 0 radical (unpaired) electrons. The van der Waals surface area contributed by atoms with E-state index in [4.69, 9.17) is 16.3 Å². The van der Waals surface area contributed by atoms with Crippen LogP contribution in [0.5, 0.6) is 0 Å². The topological polar surface area (TPSA) is 98.0 Å². The summed E-state index contributed by atoms with van der Waals surface area (Å²) in [7, 11) is -2.44. The molecular formula is C24H26ClN3O5S2. The number of carbonyl (C=O) groups is 2. The Labute approximate surface area is 212 Å². The number of carbonyl (C=O) groups excluding carboxylic acids is 2. The van der Waals surface area contributed by atoms with Gasteiger partial charge >= 0.3 is 5.97 Å². The van der Waals surface area contributed by atoms with Crippen LogP contribution < -0.4 is 4.80 Å². The Morgan fingerprint density at radius 2 is 1.94 bits per heavy atom. The number of halogens is 1. The Morgan fingerprint density at radius 3 is 2.63 bits per heavy atom. The van der Waals surface area contributed by atoms with Crippen molar-refractivity contribution in [1.29, 1.82) is 0 Å². The third-order valence-corrected chi connectivity index (χ3v) is 9.23. The summed E-state index contributed by atoms with van der Waals surface area (Å²) in [5.41, 5.74) is 1.93. The zero-order chi connectivity index (χ0) is 25.2. The van der Waals surface area contributed by atoms with Crippen LogP contribution in [0, 0.1) is 5.92 Å². The first-order chi connectivity index (χ1) is 16.7. The predicted molar refractivity (Wildman–Crippen MR) is 135 cm³/mol. The van der Waals surface area contributed by atoms with Gasteiger partial charge in [0.25, 0.3) is 5.91 Å². The second-order valence-corrected chi connectivity index (χ2v) is 11.7. The fourth-order valence-electron chi connectivity index (χ4n) is 4.07. The minimum atomic E-state index is -3.76. The first kappa shape index (κ1) is 25.6. The van der Waals surface area contributed by atoms with Crippen LogP contribution in [0.2, 0.25) is 5.02 Å². The van der Waals surface area contributed by atoms with Gasteiger partial charge in [-0.15, -0.1) is 0 Å². The van der Waals surface area contributed by atoms with Crippen LogP contribution in [0.25, 0.3) is 10.2 Å². The maximum Gasteiger partial charge on any atom is 0.325 e. The number of sulfonamides is 1. The number of amides is 1. The van der Waals surface area contributed by atoms with Gasteiger partial charge in [-0.3, -0.25) is 9.59 Å². The summed E-state index contributed by atoms with van der Waals surface area (Å²) in [5.74, 6) is -1.42. The Hall–Kier alpha value is -2.53. The molecule has 0 spiro atoms. The molecule has 4 rings (SSSR count). The lowest BCUT2D eigenvalue weighted by Crippen LogP contribution is -2.42. The maximum atomic E-state index is 13.2. The van der Waals surface area contributed by atoms with Crippen molar-refractivity contribution < 1.29 is 22.7 Å². The van der Waals surface area contributed by atoms with Gasteiger partial charge in [0.2, 0.25) is 10.0 Å². The summed E-state index contributed by atoms with van der Waals surface area (Å²) in [6, 6.07) is 11.9. The van der Waals surface area contributed by atoms with Crippen LogP contribution in [-0.4, -0.2) is 49.4 Å². The van der Waals surface area contributed by atoms with E-state index in [2.05, 4.69) is 11.9 Å². The average molecular weight is 536 g/mol. The van der Waals surface area contributed by atoms with Crippen molar-refractivity contribution in [2.45, 2.75) is 37.6 Å². The van der Waals surface area contributed by atoms with E-state index in [1.807, 2.05) is 18.2 Å². The van der Waals surface area contributed by atoms with Crippen LogP contribution in [0.3, 0.4) is 0 Å². The fourth-order valence-corrected chi connectivity index (χ4v) is 6.82. The molecule has 0 aliphatic carbocycles.